The Hall–Kier alpha value is -2.58. The van der Waals surface area contributed by atoms with E-state index in [1.807, 2.05) is 0 Å². The van der Waals surface area contributed by atoms with Crippen LogP contribution in [-0.4, -0.2) is 23.5 Å². The Balaban J connectivity index is 1.64. The summed E-state index contributed by atoms with van der Waals surface area (Å²) in [7, 11) is 0. The van der Waals surface area contributed by atoms with Crippen LogP contribution in [-0.2, 0) is 17.6 Å². The average molecular weight is 445 g/mol. The molecule has 1 N–H and O–H groups in total. The number of thiazole rings is 1. The van der Waals surface area contributed by atoms with E-state index < -0.39 is 0 Å². The van der Waals surface area contributed by atoms with Gasteiger partial charge in [-0.1, -0.05) is 0 Å². The molecule has 1 aliphatic rings. The van der Waals surface area contributed by atoms with Crippen molar-refractivity contribution in [3.63, 3.8) is 0 Å². The van der Waals surface area contributed by atoms with E-state index in [0.717, 1.165) is 41.7 Å². The van der Waals surface area contributed by atoms with Crippen LogP contribution in [0.25, 0.3) is 10.6 Å². The first kappa shape index (κ1) is 20.7. The zero-order valence-electron chi connectivity index (χ0n) is 16.7. The molecule has 4 rings (SSSR count). The van der Waals surface area contributed by atoms with Crippen LogP contribution in [0.3, 0.4) is 0 Å². The number of aryl methyl sites for hydroxylation is 2. The Kier molecular flexibility index (Phi) is 5.97. The lowest BCUT2D eigenvalue weighted by Gasteiger charge is -2.12. The first-order chi connectivity index (χ1) is 14.5. The predicted octanol–water partition coefficient (Wildman–Crippen LogP) is 5.63. The molecule has 156 valence electrons. The van der Waals surface area contributed by atoms with Crippen molar-refractivity contribution in [2.75, 3.05) is 11.9 Å². The summed E-state index contributed by atoms with van der Waals surface area (Å²) in [5.74, 6) is -1.01. The van der Waals surface area contributed by atoms with Gasteiger partial charge in [0.2, 0.25) is 0 Å². The second kappa shape index (κ2) is 8.65. The highest BCUT2D eigenvalue weighted by atomic mass is 32.1. The highest BCUT2D eigenvalue weighted by molar-refractivity contribution is 7.18. The zero-order chi connectivity index (χ0) is 21.3. The maximum atomic E-state index is 13.2. The van der Waals surface area contributed by atoms with Gasteiger partial charge in [0.25, 0.3) is 5.91 Å². The number of benzene rings is 1. The summed E-state index contributed by atoms with van der Waals surface area (Å²) >= 11 is 2.71. The molecule has 30 heavy (non-hydrogen) atoms. The molecule has 1 aliphatic carbocycles. The number of carbonyl (C=O) groups excluding carboxylic acids is 2. The van der Waals surface area contributed by atoms with Gasteiger partial charge in [0.1, 0.15) is 20.7 Å². The summed E-state index contributed by atoms with van der Waals surface area (Å²) in [6.07, 6.45) is 3.84. The van der Waals surface area contributed by atoms with Gasteiger partial charge in [-0.25, -0.2) is 14.2 Å². The van der Waals surface area contributed by atoms with Crippen LogP contribution in [0.2, 0.25) is 0 Å². The molecule has 0 unspecified atom stereocenters. The smallest absolute Gasteiger partial charge is 0.341 e. The largest absolute Gasteiger partial charge is 0.462 e. The Morgan fingerprint density at radius 1 is 1.17 bits per heavy atom. The fourth-order valence-corrected chi connectivity index (χ4v) is 5.80. The van der Waals surface area contributed by atoms with E-state index >= 15 is 0 Å². The summed E-state index contributed by atoms with van der Waals surface area (Å²) in [6.45, 7) is 3.82. The number of rotatable bonds is 5. The standard InChI is InChI=1S/C22H21FN2O3S2/c1-3-28-22(27)17-15-6-4-5-7-16(15)29-21(17)25-19(26)18-12(2)24-20(30-18)13-8-10-14(23)11-9-13/h8-11H,3-7H2,1-2H3,(H,25,26). The van der Waals surface area contributed by atoms with E-state index in [1.54, 1.807) is 26.0 Å². The monoisotopic (exact) mass is 444 g/mol. The number of nitrogens with zero attached hydrogens (tertiary/aromatic N) is 1. The molecule has 2 aromatic heterocycles. The second-order valence-electron chi connectivity index (χ2n) is 7.03. The number of anilines is 1. The van der Waals surface area contributed by atoms with Crippen molar-refractivity contribution in [1.29, 1.82) is 0 Å². The number of esters is 1. The Labute approximate surface area is 181 Å². The molecule has 0 saturated carbocycles. The maximum absolute atomic E-state index is 13.2. The van der Waals surface area contributed by atoms with Crippen molar-refractivity contribution in [1.82, 2.24) is 4.98 Å². The van der Waals surface area contributed by atoms with Gasteiger partial charge in [-0.15, -0.1) is 22.7 Å². The molecule has 0 aliphatic heterocycles. The Morgan fingerprint density at radius 3 is 2.63 bits per heavy atom. The van der Waals surface area contributed by atoms with Crippen molar-refractivity contribution >= 4 is 39.6 Å². The van der Waals surface area contributed by atoms with Crippen molar-refractivity contribution in [3.05, 3.63) is 56.7 Å². The lowest BCUT2D eigenvalue weighted by molar-refractivity contribution is 0.0526. The SMILES string of the molecule is CCOC(=O)c1c(NC(=O)c2sc(-c3ccc(F)cc3)nc2C)sc2c1CCCC2. The van der Waals surface area contributed by atoms with Gasteiger partial charge < -0.3 is 10.1 Å². The lowest BCUT2D eigenvalue weighted by atomic mass is 9.95. The van der Waals surface area contributed by atoms with Crippen LogP contribution in [0, 0.1) is 12.7 Å². The van der Waals surface area contributed by atoms with E-state index in [9.17, 15) is 14.0 Å². The molecule has 0 bridgehead atoms. The van der Waals surface area contributed by atoms with Crippen molar-refractivity contribution < 1.29 is 18.7 Å². The van der Waals surface area contributed by atoms with Gasteiger partial charge in [-0.3, -0.25) is 4.79 Å². The van der Waals surface area contributed by atoms with Crippen LogP contribution in [0.5, 0.6) is 0 Å². The predicted molar refractivity (Wildman–Crippen MR) is 117 cm³/mol. The summed E-state index contributed by atoms with van der Waals surface area (Å²) in [4.78, 5) is 31.7. The minimum Gasteiger partial charge on any atom is -0.462 e. The van der Waals surface area contributed by atoms with Crippen molar-refractivity contribution in [3.8, 4) is 10.6 Å². The fraction of sp³-hybridized carbons (Fsp3) is 0.318. The topological polar surface area (TPSA) is 68.3 Å². The van der Waals surface area contributed by atoms with Gasteiger partial charge in [-0.05, 0) is 69.4 Å². The van der Waals surface area contributed by atoms with Gasteiger partial charge in [0.15, 0.2) is 0 Å². The summed E-state index contributed by atoms with van der Waals surface area (Å²) < 4.78 is 18.4. The third-order valence-corrected chi connectivity index (χ3v) is 7.38. The molecule has 1 aromatic carbocycles. The van der Waals surface area contributed by atoms with Crippen molar-refractivity contribution in [2.24, 2.45) is 0 Å². The molecule has 5 nitrogen and oxygen atoms in total. The first-order valence-electron chi connectivity index (χ1n) is 9.84. The number of ether oxygens (including phenoxy) is 1. The molecule has 2 heterocycles. The van der Waals surface area contributed by atoms with Crippen LogP contribution in [0.15, 0.2) is 24.3 Å². The van der Waals surface area contributed by atoms with Crippen molar-refractivity contribution in [2.45, 2.75) is 39.5 Å². The molecule has 1 amide bonds. The molecule has 0 spiro atoms. The fourth-order valence-electron chi connectivity index (χ4n) is 3.56. The third kappa shape index (κ3) is 4.02. The maximum Gasteiger partial charge on any atom is 0.341 e. The minimum absolute atomic E-state index is 0.284. The van der Waals surface area contributed by atoms with E-state index in [4.69, 9.17) is 4.74 Å². The van der Waals surface area contributed by atoms with Crippen LogP contribution in [0.1, 0.15) is 55.9 Å². The van der Waals surface area contributed by atoms with Gasteiger partial charge in [0.05, 0.1) is 17.9 Å². The van der Waals surface area contributed by atoms with Gasteiger partial charge >= 0.3 is 5.97 Å². The Bertz CT molecular complexity index is 1100. The molecule has 0 atom stereocenters. The zero-order valence-corrected chi connectivity index (χ0v) is 18.3. The minimum atomic E-state index is -0.389. The van der Waals surface area contributed by atoms with E-state index in [1.165, 1.54) is 34.8 Å². The molecule has 8 heteroatoms. The van der Waals surface area contributed by atoms with Gasteiger partial charge in [-0.2, -0.15) is 0 Å². The quantitative estimate of drug-likeness (QED) is 0.518. The number of thiophene rings is 1. The van der Waals surface area contributed by atoms with Crippen LogP contribution >= 0.6 is 22.7 Å². The summed E-state index contributed by atoms with van der Waals surface area (Å²) in [5, 5.41) is 4.12. The molecule has 3 aromatic rings. The molecule has 0 saturated heterocycles. The number of aromatic nitrogens is 1. The summed E-state index contributed by atoms with van der Waals surface area (Å²) in [6, 6.07) is 6.02. The molecule has 0 fully saturated rings. The average Bonchev–Trinajstić information content (AvgIpc) is 3.29. The van der Waals surface area contributed by atoms with E-state index in [2.05, 4.69) is 10.3 Å². The normalized spacial score (nSPS) is 13.0. The number of halogens is 1. The van der Waals surface area contributed by atoms with Crippen LogP contribution in [0.4, 0.5) is 9.39 Å². The van der Waals surface area contributed by atoms with E-state index in [-0.39, 0.29) is 24.3 Å². The van der Waals surface area contributed by atoms with Gasteiger partial charge in [0, 0.05) is 10.4 Å². The number of carbonyl (C=O) groups is 2. The first-order valence-corrected chi connectivity index (χ1v) is 11.5. The van der Waals surface area contributed by atoms with E-state index in [0.29, 0.717) is 26.1 Å². The number of hydrogen-bond donors (Lipinski definition) is 1. The number of nitrogens with one attached hydrogen (secondary N) is 1. The summed E-state index contributed by atoms with van der Waals surface area (Å²) in [5.41, 5.74) is 2.84. The second-order valence-corrected chi connectivity index (χ2v) is 9.13. The molecular weight excluding hydrogens is 423 g/mol. The Morgan fingerprint density at radius 2 is 1.90 bits per heavy atom. The lowest BCUT2D eigenvalue weighted by Crippen LogP contribution is -2.15. The number of hydrogen-bond acceptors (Lipinski definition) is 6. The molecule has 0 radical (unpaired) electrons. The highest BCUT2D eigenvalue weighted by Gasteiger charge is 2.28. The van der Waals surface area contributed by atoms with Crippen LogP contribution < -0.4 is 5.32 Å². The number of amides is 1. The molecular formula is C22H21FN2O3S2. The third-order valence-electron chi connectivity index (χ3n) is 4.97. The number of fused-ring (bicyclic) bond motifs is 1. The highest BCUT2D eigenvalue weighted by Crippen LogP contribution is 2.39.